The number of carbonyl (C=O) groups is 1. The molecule has 1 aliphatic carbocycles. The van der Waals surface area contributed by atoms with Gasteiger partial charge < -0.3 is 9.84 Å². The molecule has 7 heteroatoms. The van der Waals surface area contributed by atoms with Gasteiger partial charge in [0, 0.05) is 31.5 Å². The number of morpholine rings is 1. The van der Waals surface area contributed by atoms with E-state index in [0.29, 0.717) is 11.7 Å². The zero-order valence-electron chi connectivity index (χ0n) is 12.9. The molecule has 0 aromatic carbocycles. The largest absolute Gasteiger partial charge is 0.480 e. The van der Waals surface area contributed by atoms with Gasteiger partial charge in [-0.15, -0.1) is 11.8 Å². The number of pyridine rings is 1. The van der Waals surface area contributed by atoms with Crippen molar-refractivity contribution in [2.75, 3.05) is 32.1 Å². The Morgan fingerprint density at radius 2 is 2.09 bits per heavy atom. The smallest absolute Gasteiger partial charge is 0.327 e. The van der Waals surface area contributed by atoms with Crippen LogP contribution < -0.4 is 5.56 Å². The van der Waals surface area contributed by atoms with Crippen molar-refractivity contribution in [3.8, 4) is 0 Å². The summed E-state index contributed by atoms with van der Waals surface area (Å²) in [6.07, 6.45) is 2.28. The van der Waals surface area contributed by atoms with Gasteiger partial charge in [0.2, 0.25) is 0 Å². The van der Waals surface area contributed by atoms with Crippen LogP contribution in [0.2, 0.25) is 0 Å². The highest BCUT2D eigenvalue weighted by atomic mass is 32.2. The Balaban J connectivity index is 1.74. The fraction of sp³-hybridized carbons (Fsp3) is 0.625. The van der Waals surface area contributed by atoms with Gasteiger partial charge in [0.25, 0.3) is 5.56 Å². The van der Waals surface area contributed by atoms with Gasteiger partial charge in [-0.2, -0.15) is 0 Å². The third kappa shape index (κ3) is 2.81. The molecule has 1 saturated carbocycles. The molecule has 0 radical (unpaired) electrons. The number of hydrogen-bond donors (Lipinski definition) is 1. The molecule has 1 atom stereocenters. The van der Waals surface area contributed by atoms with Crippen LogP contribution in [0.4, 0.5) is 0 Å². The SMILES string of the molecule is O=C(O)[C@@H]1CSc2c(C3CC3)c(CN3CCOCC3)cc(=O)n21. The molecular weight excluding hydrogens is 316 g/mol. The predicted octanol–water partition coefficient (Wildman–Crippen LogP) is 1.29. The van der Waals surface area contributed by atoms with Gasteiger partial charge in [-0.05, 0) is 29.9 Å². The number of fused-ring (bicyclic) bond motifs is 1. The molecular formula is C16H20N2O4S. The van der Waals surface area contributed by atoms with Gasteiger partial charge in [-0.25, -0.2) is 4.79 Å². The summed E-state index contributed by atoms with van der Waals surface area (Å²) in [5.41, 5.74) is 2.14. The molecule has 6 nitrogen and oxygen atoms in total. The highest BCUT2D eigenvalue weighted by Crippen LogP contribution is 2.48. The minimum absolute atomic E-state index is 0.176. The van der Waals surface area contributed by atoms with Crippen molar-refractivity contribution in [3.05, 3.63) is 27.5 Å². The maximum Gasteiger partial charge on any atom is 0.327 e. The lowest BCUT2D eigenvalue weighted by molar-refractivity contribution is -0.140. The number of carboxylic acid groups (broad SMARTS) is 1. The van der Waals surface area contributed by atoms with Crippen molar-refractivity contribution in [2.45, 2.75) is 36.4 Å². The Bertz CT molecular complexity index is 692. The van der Waals surface area contributed by atoms with Gasteiger partial charge in [-0.3, -0.25) is 14.3 Å². The Labute approximate surface area is 138 Å². The first kappa shape index (κ1) is 15.2. The number of ether oxygens (including phenoxy) is 1. The predicted molar refractivity (Wildman–Crippen MR) is 86.2 cm³/mol. The topological polar surface area (TPSA) is 71.8 Å². The number of aromatic nitrogens is 1. The maximum absolute atomic E-state index is 12.5. The number of hydrogen-bond acceptors (Lipinski definition) is 5. The number of nitrogens with zero attached hydrogens (tertiary/aromatic N) is 2. The molecule has 3 aliphatic rings. The first-order valence-corrected chi connectivity index (χ1v) is 9.07. The Morgan fingerprint density at radius 1 is 1.35 bits per heavy atom. The molecule has 3 heterocycles. The van der Waals surface area contributed by atoms with E-state index in [1.54, 1.807) is 6.07 Å². The van der Waals surface area contributed by atoms with E-state index in [4.69, 9.17) is 4.74 Å². The fourth-order valence-electron chi connectivity index (χ4n) is 3.46. The van der Waals surface area contributed by atoms with E-state index in [0.717, 1.165) is 56.3 Å². The van der Waals surface area contributed by atoms with Gasteiger partial charge in [0.1, 0.15) is 6.04 Å². The van der Waals surface area contributed by atoms with E-state index in [9.17, 15) is 14.7 Å². The Kier molecular flexibility index (Phi) is 3.95. The monoisotopic (exact) mass is 336 g/mol. The molecule has 124 valence electrons. The molecule has 1 aromatic heterocycles. The van der Waals surface area contributed by atoms with Crippen LogP contribution in [0.5, 0.6) is 0 Å². The lowest BCUT2D eigenvalue weighted by atomic mass is 10.0. The average Bonchev–Trinajstić information content (AvgIpc) is 3.25. The molecule has 0 spiro atoms. The van der Waals surface area contributed by atoms with Crippen molar-refractivity contribution in [1.82, 2.24) is 9.47 Å². The standard InChI is InChI=1S/C16H20N2O4S/c19-13-7-11(8-17-3-5-22-6-4-17)14(10-1-2-10)15-18(13)12(9-23-15)16(20)21/h7,10,12H,1-6,8-9H2,(H,20,21)/t12-/m0/s1. The van der Waals surface area contributed by atoms with Crippen LogP contribution in [0.25, 0.3) is 0 Å². The lowest BCUT2D eigenvalue weighted by Crippen LogP contribution is -2.37. The van der Waals surface area contributed by atoms with Crippen LogP contribution in [0.1, 0.15) is 35.9 Å². The van der Waals surface area contributed by atoms with Crippen molar-refractivity contribution in [1.29, 1.82) is 0 Å². The van der Waals surface area contributed by atoms with E-state index in [1.807, 2.05) is 0 Å². The van der Waals surface area contributed by atoms with Gasteiger partial charge in [-0.1, -0.05) is 0 Å². The minimum atomic E-state index is -0.916. The summed E-state index contributed by atoms with van der Waals surface area (Å²) in [7, 11) is 0. The highest BCUT2D eigenvalue weighted by Gasteiger charge is 2.37. The average molecular weight is 336 g/mol. The molecule has 1 saturated heterocycles. The number of rotatable bonds is 4. The summed E-state index contributed by atoms with van der Waals surface area (Å²) in [5.74, 6) is 0.0274. The third-order valence-corrected chi connectivity index (χ3v) is 5.96. The Hall–Kier alpha value is -1.31. The van der Waals surface area contributed by atoms with Crippen LogP contribution in [0, 0.1) is 0 Å². The van der Waals surface area contributed by atoms with E-state index < -0.39 is 12.0 Å². The van der Waals surface area contributed by atoms with Crippen molar-refractivity contribution in [2.24, 2.45) is 0 Å². The summed E-state index contributed by atoms with van der Waals surface area (Å²) < 4.78 is 6.89. The van der Waals surface area contributed by atoms with Crippen LogP contribution >= 0.6 is 11.8 Å². The third-order valence-electron chi connectivity index (χ3n) is 4.79. The molecule has 4 rings (SSSR count). The molecule has 23 heavy (non-hydrogen) atoms. The summed E-state index contributed by atoms with van der Waals surface area (Å²) in [4.78, 5) is 26.3. The summed E-state index contributed by atoms with van der Waals surface area (Å²) in [6, 6.07) is 0.950. The number of thioether (sulfide) groups is 1. The van der Waals surface area contributed by atoms with Crippen molar-refractivity contribution in [3.63, 3.8) is 0 Å². The van der Waals surface area contributed by atoms with Crippen molar-refractivity contribution < 1.29 is 14.6 Å². The van der Waals surface area contributed by atoms with E-state index in [2.05, 4.69) is 4.90 Å². The van der Waals surface area contributed by atoms with E-state index in [-0.39, 0.29) is 5.56 Å². The second-order valence-corrected chi connectivity index (χ2v) is 7.43. The number of aliphatic carboxylic acids is 1. The molecule has 2 aliphatic heterocycles. The first-order valence-electron chi connectivity index (χ1n) is 8.09. The first-order chi connectivity index (χ1) is 11.1. The van der Waals surface area contributed by atoms with E-state index in [1.165, 1.54) is 21.9 Å². The molecule has 0 bridgehead atoms. The van der Waals surface area contributed by atoms with Gasteiger partial charge in [0.05, 0.1) is 18.2 Å². The van der Waals surface area contributed by atoms with Gasteiger partial charge >= 0.3 is 5.97 Å². The molecule has 1 N–H and O–H groups in total. The summed E-state index contributed by atoms with van der Waals surface area (Å²) in [5, 5.41) is 10.3. The van der Waals surface area contributed by atoms with Gasteiger partial charge in [0.15, 0.2) is 0 Å². The maximum atomic E-state index is 12.5. The van der Waals surface area contributed by atoms with Crippen molar-refractivity contribution >= 4 is 17.7 Å². The lowest BCUT2D eigenvalue weighted by Gasteiger charge is -2.28. The fourth-order valence-corrected chi connectivity index (χ4v) is 4.88. The second-order valence-electron chi connectivity index (χ2n) is 6.42. The summed E-state index contributed by atoms with van der Waals surface area (Å²) >= 11 is 1.53. The molecule has 0 amide bonds. The zero-order chi connectivity index (χ0) is 16.0. The molecule has 0 unspecified atom stereocenters. The van der Waals surface area contributed by atoms with Crippen LogP contribution in [0.3, 0.4) is 0 Å². The molecule has 2 fully saturated rings. The quantitative estimate of drug-likeness (QED) is 0.893. The Morgan fingerprint density at radius 3 is 2.74 bits per heavy atom. The second kappa shape index (κ2) is 5.96. The normalized spacial score (nSPS) is 24.6. The van der Waals surface area contributed by atoms with Crippen LogP contribution in [-0.2, 0) is 16.1 Å². The zero-order valence-corrected chi connectivity index (χ0v) is 13.7. The van der Waals surface area contributed by atoms with Crippen LogP contribution in [0.15, 0.2) is 15.9 Å². The number of carboxylic acids is 1. The minimum Gasteiger partial charge on any atom is -0.480 e. The highest BCUT2D eigenvalue weighted by molar-refractivity contribution is 7.99. The summed E-state index contributed by atoms with van der Waals surface area (Å²) in [6.45, 7) is 3.99. The molecule has 1 aromatic rings. The van der Waals surface area contributed by atoms with Crippen LogP contribution in [-0.4, -0.2) is 52.6 Å². The van der Waals surface area contributed by atoms with E-state index >= 15 is 0 Å².